The maximum Gasteiger partial charge on any atom is 0.303 e. The van der Waals surface area contributed by atoms with E-state index in [1.54, 1.807) is 13.8 Å². The van der Waals surface area contributed by atoms with Gasteiger partial charge in [-0.1, -0.05) is 26.2 Å². The summed E-state index contributed by atoms with van der Waals surface area (Å²) in [5, 5.41) is 26.9. The number of aliphatic hydroxyl groups excluding tert-OH is 2. The van der Waals surface area contributed by atoms with Crippen molar-refractivity contribution >= 4 is 70.8 Å². The molecule has 8 atom stereocenters. The summed E-state index contributed by atoms with van der Waals surface area (Å²) in [4.78, 5) is 82.8. The highest BCUT2D eigenvalue weighted by atomic mass is 79.9. The number of nitrogens with zero attached hydrogens (tertiary/aromatic N) is 12. The van der Waals surface area contributed by atoms with E-state index in [-0.39, 0.29) is 40.0 Å². The first kappa shape index (κ1) is 44.4. The number of alkyl halides is 1. The Morgan fingerprint density at radius 3 is 1.79 bits per heavy atom. The number of fused-ring (bicyclic) bond motifs is 2. The maximum absolute atomic E-state index is 12.0. The lowest BCUT2D eigenvalue weighted by Crippen LogP contribution is -2.32. The molecule has 57 heavy (non-hydrogen) atoms. The molecule has 25 nitrogen and oxygen atoms in total. The van der Waals surface area contributed by atoms with Crippen LogP contribution >= 0.6 is 31.9 Å². The third kappa shape index (κ3) is 10.4. The van der Waals surface area contributed by atoms with Crippen LogP contribution in [0.5, 0.6) is 0 Å². The summed E-state index contributed by atoms with van der Waals surface area (Å²) in [5.41, 5.74) is 15.8. The number of carbonyl (C=O) groups excluding carboxylic acids is 3. The van der Waals surface area contributed by atoms with Crippen molar-refractivity contribution in [2.24, 2.45) is 10.2 Å². The molecule has 0 amide bonds. The minimum absolute atomic E-state index is 0.0559. The predicted molar refractivity (Wildman–Crippen MR) is 202 cm³/mol. The summed E-state index contributed by atoms with van der Waals surface area (Å²) in [6.45, 7) is 8.79. The van der Waals surface area contributed by atoms with Gasteiger partial charge in [0.2, 0.25) is 4.69 Å². The number of H-pyrrole nitrogens is 2. The Hall–Kier alpha value is -5.27. The van der Waals surface area contributed by atoms with E-state index in [0.29, 0.717) is 17.3 Å². The monoisotopic (exact) mass is 926 g/mol. The Labute approximate surface area is 336 Å². The number of aryl methyl sites for hydroxylation is 2. The normalized spacial score (nSPS) is 24.0. The van der Waals surface area contributed by atoms with Gasteiger partial charge in [-0.05, 0) is 54.7 Å². The molecule has 2 aliphatic rings. The molecule has 6 heterocycles. The van der Waals surface area contributed by atoms with Crippen molar-refractivity contribution in [3.8, 4) is 0 Å². The number of hydrogen-bond donors (Lipinski definition) is 4. The van der Waals surface area contributed by atoms with Gasteiger partial charge in [-0.15, -0.1) is 0 Å². The summed E-state index contributed by atoms with van der Waals surface area (Å²) in [6, 6.07) is 0. The predicted octanol–water partition coefficient (Wildman–Crippen LogP) is 1.94. The Morgan fingerprint density at radius 2 is 1.35 bits per heavy atom. The van der Waals surface area contributed by atoms with Crippen molar-refractivity contribution in [3.05, 3.63) is 65.9 Å². The summed E-state index contributed by atoms with van der Waals surface area (Å²) < 4.78 is 24.0. The lowest BCUT2D eigenvalue weighted by Gasteiger charge is -2.21. The first-order chi connectivity index (χ1) is 26.8. The van der Waals surface area contributed by atoms with Crippen molar-refractivity contribution in [2.75, 3.05) is 13.1 Å². The number of aromatic nitrogens is 8. The third-order valence-corrected chi connectivity index (χ3v) is 10.1. The highest BCUT2D eigenvalue weighted by Crippen LogP contribution is 2.37. The van der Waals surface area contributed by atoms with Crippen molar-refractivity contribution in [2.45, 2.75) is 94.9 Å². The van der Waals surface area contributed by atoms with Crippen LogP contribution in [0.15, 0.2) is 32.5 Å². The molecule has 0 saturated carbocycles. The van der Waals surface area contributed by atoms with E-state index in [9.17, 15) is 34.2 Å². The number of hydrogen-bond acceptors (Lipinski definition) is 17. The molecule has 2 fully saturated rings. The molecular weight excluding hydrogens is 892 g/mol. The first-order valence-corrected chi connectivity index (χ1v) is 18.3. The number of rotatable bonds is 9. The van der Waals surface area contributed by atoms with Crippen molar-refractivity contribution < 1.29 is 43.5 Å². The third-order valence-electron chi connectivity index (χ3n) is 8.08. The van der Waals surface area contributed by atoms with Crippen LogP contribution in [-0.4, -0.2) is 120 Å². The summed E-state index contributed by atoms with van der Waals surface area (Å²) in [6.07, 6.45) is -3.61. The van der Waals surface area contributed by atoms with Gasteiger partial charge in [0.05, 0.1) is 42.8 Å². The summed E-state index contributed by atoms with van der Waals surface area (Å²) >= 11 is 6.15. The topological polar surface area (TPSA) is 353 Å². The lowest BCUT2D eigenvalue weighted by atomic mass is 10.1. The molecule has 4 aromatic heterocycles. The van der Waals surface area contributed by atoms with Gasteiger partial charge in [0.1, 0.15) is 23.9 Å². The Balaban J connectivity index is 0.000000207. The van der Waals surface area contributed by atoms with Gasteiger partial charge in [-0.3, -0.25) is 33.1 Å². The van der Waals surface area contributed by atoms with E-state index in [4.69, 9.17) is 25.3 Å². The number of aliphatic hydroxyl groups is 2. The molecule has 0 spiro atoms. The fraction of sp³-hybridized carbons (Fsp3) is 0.567. The summed E-state index contributed by atoms with van der Waals surface area (Å²) in [7, 11) is 0. The van der Waals surface area contributed by atoms with Gasteiger partial charge < -0.3 is 39.1 Å². The van der Waals surface area contributed by atoms with Crippen LogP contribution < -0.4 is 11.1 Å². The molecule has 4 N–H and O–H groups in total. The molecule has 27 heteroatoms. The first-order valence-electron chi connectivity index (χ1n) is 16.6. The Bertz CT molecular complexity index is 2350. The zero-order chi connectivity index (χ0) is 42.4. The zero-order valence-corrected chi connectivity index (χ0v) is 34.1. The molecule has 0 radical (unpaired) electrons. The zero-order valence-electron chi connectivity index (χ0n) is 30.9. The van der Waals surface area contributed by atoms with Crippen molar-refractivity contribution in [1.29, 1.82) is 0 Å². The summed E-state index contributed by atoms with van der Waals surface area (Å²) in [5.74, 6) is -0.142. The van der Waals surface area contributed by atoms with Gasteiger partial charge in [0.15, 0.2) is 46.5 Å². The van der Waals surface area contributed by atoms with Crippen LogP contribution in [0, 0.1) is 13.8 Å². The second kappa shape index (κ2) is 18.8. The number of imidazole rings is 2. The molecule has 0 aliphatic carbocycles. The molecule has 2 aliphatic heterocycles. The maximum atomic E-state index is 12.0. The van der Waals surface area contributed by atoms with Crippen molar-refractivity contribution in [3.63, 3.8) is 0 Å². The number of ether oxygens (including phenoxy) is 4. The molecule has 4 aromatic rings. The quantitative estimate of drug-likeness (QED) is 0.0465. The van der Waals surface area contributed by atoms with Gasteiger partial charge in [-0.25, -0.2) is 19.9 Å². The number of aromatic amines is 2. The van der Waals surface area contributed by atoms with Gasteiger partial charge in [0, 0.05) is 23.7 Å². The number of nitrogens with one attached hydrogen (secondary N) is 2. The molecular formula is C30H36Br2N14O11. The molecule has 6 rings (SSSR count). The Morgan fingerprint density at radius 1 is 0.877 bits per heavy atom. The highest BCUT2D eigenvalue weighted by molar-refractivity contribution is 9.18. The average molecular weight is 929 g/mol. The second-order valence-electron chi connectivity index (χ2n) is 12.8. The van der Waals surface area contributed by atoms with E-state index in [1.807, 2.05) is 0 Å². The largest absolute Gasteiger partial charge is 0.456 e. The number of azide groups is 2. The van der Waals surface area contributed by atoms with E-state index in [0.717, 1.165) is 0 Å². The molecule has 306 valence electrons. The van der Waals surface area contributed by atoms with E-state index < -0.39 is 70.9 Å². The lowest BCUT2D eigenvalue weighted by molar-refractivity contribution is -0.158. The van der Waals surface area contributed by atoms with Gasteiger partial charge >= 0.3 is 11.9 Å². The van der Waals surface area contributed by atoms with E-state index in [2.05, 4.69) is 86.6 Å². The van der Waals surface area contributed by atoms with E-state index in [1.165, 1.54) is 49.5 Å². The van der Waals surface area contributed by atoms with Gasteiger partial charge in [0.25, 0.3) is 11.1 Å². The van der Waals surface area contributed by atoms with Crippen LogP contribution in [0.3, 0.4) is 0 Å². The van der Waals surface area contributed by atoms with Crippen LogP contribution in [0.25, 0.3) is 43.2 Å². The SMILES string of the molecule is CC(=O)OC(C)(C)C(=O)Br.CC(=O)O[C@H]1C(Br)[C@@H](CN=[N+]=[N-])O[C@H]1n1cnc2c(=O)[nH]c(C)nc21.Cc1nc2c(ncn2[C@@H]2O[C@H](CN=[N+]=[N-])C(O)[C@@H]2O)c(=O)[nH]1. The van der Waals surface area contributed by atoms with Crippen LogP contribution in [0.1, 0.15) is 51.8 Å². The molecule has 0 bridgehead atoms. The van der Waals surface area contributed by atoms with Crippen LogP contribution in [0.2, 0.25) is 0 Å². The van der Waals surface area contributed by atoms with Crippen LogP contribution in [-0.2, 0) is 33.3 Å². The fourth-order valence-corrected chi connectivity index (χ4v) is 6.31. The second-order valence-corrected chi connectivity index (χ2v) is 14.6. The fourth-order valence-electron chi connectivity index (χ4n) is 5.57. The van der Waals surface area contributed by atoms with E-state index >= 15 is 0 Å². The minimum atomic E-state index is -1.27. The Kier molecular flexibility index (Phi) is 14.6. The number of carbonyl (C=O) groups is 3. The molecule has 2 unspecified atom stereocenters. The minimum Gasteiger partial charge on any atom is -0.456 e. The standard InChI is InChI=1S/C13H14BrN7O4.C11H13N7O4.C6H9BrO3/c1-5-18-11-9(12(23)19-5)16-4-21(11)13-10(24-6(2)22)8(14)7(25-13)3-17-20-15;1-4-15-9-6(10(21)16-4)13-3-18(9)11-8(20)7(19)5(22-11)2-14-17-12;1-4(8)10-6(2,3)5(7)9/h4,7-8,10,13H,3H2,1-2H3,(H,18,19,23);3,5,7-8,11,19-20H,2H2,1H3,(H,15,16,21);1-3H3/t7-,8?,10+,13-;5-,7?,8+,11-;/m11./s1. The van der Waals surface area contributed by atoms with Gasteiger partial charge in [-0.2, -0.15) is 0 Å². The highest BCUT2D eigenvalue weighted by Gasteiger charge is 2.47. The molecule has 2 saturated heterocycles. The van der Waals surface area contributed by atoms with Crippen LogP contribution in [0.4, 0.5) is 0 Å². The number of esters is 2. The molecule has 0 aromatic carbocycles. The van der Waals surface area contributed by atoms with Crippen molar-refractivity contribution in [1.82, 2.24) is 39.0 Å². The average Bonchev–Trinajstić information content (AvgIpc) is 3.88. The smallest absolute Gasteiger partial charge is 0.303 e. The number of halogens is 2.